The number of nitrogens with two attached hydrogens (primary N) is 1. The molecule has 0 aliphatic heterocycles. The Labute approximate surface area is 172 Å². The van der Waals surface area contributed by atoms with Gasteiger partial charge in [-0.05, 0) is 59.3 Å². The Hall–Kier alpha value is -3.58. The number of benzene rings is 2. The second-order valence-corrected chi connectivity index (χ2v) is 7.21. The maximum atomic E-state index is 11.9. The molecule has 0 spiro atoms. The number of aliphatic imine (C=N–C) groups is 1. The Morgan fingerprint density at radius 1 is 1.10 bits per heavy atom. The van der Waals surface area contributed by atoms with E-state index in [0.717, 1.165) is 16.1 Å². The van der Waals surface area contributed by atoms with Crippen LogP contribution in [0, 0.1) is 0 Å². The van der Waals surface area contributed by atoms with Crippen LogP contribution in [0.2, 0.25) is 0 Å². The normalized spacial score (nSPS) is 11.7. The third kappa shape index (κ3) is 5.95. The number of amidine groups is 1. The molecule has 3 aromatic rings. The van der Waals surface area contributed by atoms with Crippen molar-refractivity contribution in [2.45, 2.75) is 6.42 Å². The highest BCUT2D eigenvalue weighted by Crippen LogP contribution is 2.25. The topological polar surface area (TPSA) is 108 Å². The van der Waals surface area contributed by atoms with E-state index in [1.807, 2.05) is 41.8 Å². The lowest BCUT2D eigenvalue weighted by Gasteiger charge is -2.04. The second kappa shape index (κ2) is 9.57. The highest BCUT2D eigenvalue weighted by atomic mass is 32.1. The minimum Gasteiger partial charge on any atom is -0.504 e. The zero-order chi connectivity index (χ0) is 20.6. The number of hydrogen-bond donors (Lipinski definition) is 4. The quantitative estimate of drug-likeness (QED) is 0.208. The number of phenols is 2. The molecular weight excluding hydrogens is 386 g/mol. The second-order valence-electron chi connectivity index (χ2n) is 6.26. The molecule has 7 heteroatoms. The monoisotopic (exact) mass is 407 g/mol. The number of phenolic OH excluding ortho intramolecular Hbond substituents is 2. The fourth-order valence-electron chi connectivity index (χ4n) is 2.56. The van der Waals surface area contributed by atoms with Crippen molar-refractivity contribution in [3.05, 3.63) is 82.1 Å². The molecule has 0 aliphatic carbocycles. The average Bonchev–Trinajstić information content (AvgIpc) is 3.25. The number of carbonyl (C=O) groups excluding carboxylic acids is 1. The van der Waals surface area contributed by atoms with Gasteiger partial charge in [-0.25, -0.2) is 4.99 Å². The minimum atomic E-state index is -0.234. The first-order chi connectivity index (χ1) is 14.0. The Morgan fingerprint density at radius 2 is 1.90 bits per heavy atom. The zero-order valence-electron chi connectivity index (χ0n) is 15.6. The minimum absolute atomic E-state index is 0.197. The molecule has 29 heavy (non-hydrogen) atoms. The maximum Gasteiger partial charge on any atom is 0.244 e. The van der Waals surface area contributed by atoms with Crippen LogP contribution in [0.5, 0.6) is 11.5 Å². The standard InChI is InChI=1S/C22H21N3O3S/c23-22(20-2-1-13-29-20)25-17-7-3-15(4-8-17)11-12-24-21(28)10-6-16-5-9-18(26)19(27)14-16/h1-10,13-14,26-27H,11-12H2,(H2,23,25)(H,24,28). The van der Waals surface area contributed by atoms with Crippen LogP contribution in [0.3, 0.4) is 0 Å². The fourth-order valence-corrected chi connectivity index (χ4v) is 3.19. The number of aromatic hydroxyl groups is 2. The summed E-state index contributed by atoms with van der Waals surface area (Å²) in [5.41, 5.74) is 8.46. The lowest BCUT2D eigenvalue weighted by molar-refractivity contribution is -0.116. The van der Waals surface area contributed by atoms with Crippen molar-refractivity contribution in [2.24, 2.45) is 10.7 Å². The summed E-state index contributed by atoms with van der Waals surface area (Å²) in [6.45, 7) is 0.490. The largest absolute Gasteiger partial charge is 0.504 e. The number of nitrogens with one attached hydrogen (secondary N) is 1. The highest BCUT2D eigenvalue weighted by molar-refractivity contribution is 7.12. The summed E-state index contributed by atoms with van der Waals surface area (Å²) >= 11 is 1.55. The van der Waals surface area contributed by atoms with Crippen molar-refractivity contribution in [3.63, 3.8) is 0 Å². The van der Waals surface area contributed by atoms with Crippen molar-refractivity contribution in [2.75, 3.05) is 6.54 Å². The number of rotatable bonds is 7. The van der Waals surface area contributed by atoms with Crippen LogP contribution in [0.1, 0.15) is 16.0 Å². The van der Waals surface area contributed by atoms with Crippen LogP contribution in [0.15, 0.2) is 71.0 Å². The predicted octanol–water partition coefficient (Wildman–Crippen LogP) is 3.57. The zero-order valence-corrected chi connectivity index (χ0v) is 16.4. The smallest absolute Gasteiger partial charge is 0.244 e. The van der Waals surface area contributed by atoms with Gasteiger partial charge in [-0.1, -0.05) is 24.3 Å². The third-order valence-electron chi connectivity index (χ3n) is 4.10. The molecule has 0 fully saturated rings. The molecule has 0 saturated carbocycles. The molecule has 0 aliphatic rings. The third-order valence-corrected chi connectivity index (χ3v) is 4.99. The fraction of sp³-hybridized carbons (Fsp3) is 0.0909. The molecule has 6 nitrogen and oxygen atoms in total. The number of amides is 1. The summed E-state index contributed by atoms with van der Waals surface area (Å²) in [6, 6.07) is 15.9. The van der Waals surface area contributed by atoms with Crippen LogP contribution in [-0.2, 0) is 11.2 Å². The van der Waals surface area contributed by atoms with Crippen molar-refractivity contribution >= 4 is 34.8 Å². The molecule has 1 amide bonds. The Kier molecular flexibility index (Phi) is 6.65. The van der Waals surface area contributed by atoms with Gasteiger partial charge < -0.3 is 21.3 Å². The van der Waals surface area contributed by atoms with Crippen LogP contribution in [-0.4, -0.2) is 28.5 Å². The highest BCUT2D eigenvalue weighted by Gasteiger charge is 2.02. The first-order valence-corrected chi connectivity index (χ1v) is 9.84. The van der Waals surface area contributed by atoms with E-state index in [4.69, 9.17) is 5.73 Å². The van der Waals surface area contributed by atoms with E-state index < -0.39 is 0 Å². The molecule has 0 radical (unpaired) electrons. The summed E-state index contributed by atoms with van der Waals surface area (Å²) in [6.07, 6.45) is 3.64. The molecule has 0 bridgehead atoms. The van der Waals surface area contributed by atoms with Gasteiger partial charge in [0.25, 0.3) is 0 Å². The number of hydrogen-bond acceptors (Lipinski definition) is 5. The Balaban J connectivity index is 1.47. The van der Waals surface area contributed by atoms with Crippen molar-refractivity contribution < 1.29 is 15.0 Å². The van der Waals surface area contributed by atoms with Crippen molar-refractivity contribution in [3.8, 4) is 11.5 Å². The summed E-state index contributed by atoms with van der Waals surface area (Å²) in [4.78, 5) is 17.3. The van der Waals surface area contributed by atoms with Gasteiger partial charge in [0.05, 0.1) is 10.6 Å². The Bertz CT molecular complexity index is 1030. The number of nitrogens with zero attached hydrogens (tertiary/aromatic N) is 1. The van der Waals surface area contributed by atoms with Gasteiger partial charge in [-0.15, -0.1) is 11.3 Å². The van der Waals surface area contributed by atoms with E-state index in [-0.39, 0.29) is 17.4 Å². The average molecular weight is 407 g/mol. The number of thiophene rings is 1. The van der Waals surface area contributed by atoms with Crippen molar-refractivity contribution in [1.82, 2.24) is 5.32 Å². The lowest BCUT2D eigenvalue weighted by atomic mass is 10.1. The summed E-state index contributed by atoms with van der Waals surface area (Å²) in [7, 11) is 0. The van der Waals surface area contributed by atoms with Crippen LogP contribution < -0.4 is 11.1 Å². The molecule has 3 rings (SSSR count). The first-order valence-electron chi connectivity index (χ1n) is 8.96. The van der Waals surface area contributed by atoms with E-state index in [1.54, 1.807) is 23.5 Å². The molecule has 0 saturated heterocycles. The first kappa shape index (κ1) is 20.2. The van der Waals surface area contributed by atoms with E-state index >= 15 is 0 Å². The molecule has 2 aromatic carbocycles. The summed E-state index contributed by atoms with van der Waals surface area (Å²) < 4.78 is 0. The molecule has 1 aromatic heterocycles. The number of carbonyl (C=O) groups is 1. The molecule has 5 N–H and O–H groups in total. The van der Waals surface area contributed by atoms with Crippen LogP contribution in [0.4, 0.5) is 5.69 Å². The summed E-state index contributed by atoms with van der Waals surface area (Å²) in [5.74, 6) is -0.161. The Morgan fingerprint density at radius 3 is 2.59 bits per heavy atom. The predicted molar refractivity (Wildman–Crippen MR) is 117 cm³/mol. The van der Waals surface area contributed by atoms with Gasteiger partial charge >= 0.3 is 0 Å². The van der Waals surface area contributed by atoms with E-state index in [0.29, 0.717) is 24.4 Å². The van der Waals surface area contributed by atoms with E-state index in [9.17, 15) is 15.0 Å². The lowest BCUT2D eigenvalue weighted by Crippen LogP contribution is -2.23. The SMILES string of the molecule is NC(=Nc1ccc(CCNC(=O)C=Cc2ccc(O)c(O)c2)cc1)c1cccs1. The molecular formula is C22H21N3O3S. The van der Waals surface area contributed by atoms with E-state index in [1.165, 1.54) is 18.2 Å². The van der Waals surface area contributed by atoms with Gasteiger partial charge in [0.2, 0.25) is 5.91 Å². The maximum absolute atomic E-state index is 11.9. The molecule has 0 atom stereocenters. The van der Waals surface area contributed by atoms with Crippen LogP contribution in [0.25, 0.3) is 6.08 Å². The van der Waals surface area contributed by atoms with Gasteiger partial charge in [0.1, 0.15) is 5.84 Å². The van der Waals surface area contributed by atoms with Gasteiger partial charge in [-0.3, -0.25) is 4.79 Å². The van der Waals surface area contributed by atoms with E-state index in [2.05, 4.69) is 10.3 Å². The van der Waals surface area contributed by atoms with Crippen LogP contribution >= 0.6 is 11.3 Å². The molecule has 1 heterocycles. The summed E-state index contributed by atoms with van der Waals surface area (Å²) in [5, 5.41) is 23.5. The van der Waals surface area contributed by atoms with Gasteiger partial charge in [-0.2, -0.15) is 0 Å². The molecule has 0 unspecified atom stereocenters. The van der Waals surface area contributed by atoms with Gasteiger partial charge in [0, 0.05) is 12.6 Å². The van der Waals surface area contributed by atoms with Gasteiger partial charge in [0.15, 0.2) is 11.5 Å². The van der Waals surface area contributed by atoms with Crippen molar-refractivity contribution in [1.29, 1.82) is 0 Å². The molecule has 148 valence electrons.